The Morgan fingerprint density at radius 2 is 1.80 bits per heavy atom. The van der Waals surface area contributed by atoms with E-state index in [2.05, 4.69) is 10.2 Å². The van der Waals surface area contributed by atoms with E-state index in [1.54, 1.807) is 29.4 Å². The summed E-state index contributed by atoms with van der Waals surface area (Å²) in [5, 5.41) is 8.95. The minimum atomic E-state index is -3.55. The number of benzene rings is 2. The molecule has 1 aliphatic carbocycles. The van der Waals surface area contributed by atoms with Gasteiger partial charge in [-0.2, -0.15) is 4.31 Å². The molecule has 1 atom stereocenters. The van der Waals surface area contributed by atoms with Gasteiger partial charge >= 0.3 is 0 Å². The van der Waals surface area contributed by atoms with Crippen LogP contribution in [0.15, 0.2) is 57.8 Å². The molecule has 2 fully saturated rings. The highest BCUT2D eigenvalue weighted by atomic mass is 35.5. The maximum atomic E-state index is 13.1. The van der Waals surface area contributed by atoms with Gasteiger partial charge in [-0.05, 0) is 61.4 Å². The second kappa shape index (κ2) is 7.18. The molecule has 6 nitrogen and oxygen atoms in total. The third-order valence-corrected chi connectivity index (χ3v) is 8.96. The van der Waals surface area contributed by atoms with Crippen LogP contribution in [0.3, 0.4) is 0 Å². The average Bonchev–Trinajstić information content (AvgIpc) is 3.22. The number of nitrogens with zero attached hydrogens (tertiary/aromatic N) is 3. The van der Waals surface area contributed by atoms with Crippen molar-refractivity contribution >= 4 is 21.6 Å². The van der Waals surface area contributed by atoms with Gasteiger partial charge in [0.2, 0.25) is 21.8 Å². The van der Waals surface area contributed by atoms with E-state index in [1.165, 1.54) is 0 Å². The maximum absolute atomic E-state index is 13.1. The van der Waals surface area contributed by atoms with Crippen molar-refractivity contribution in [2.45, 2.75) is 37.0 Å². The first kappa shape index (κ1) is 19.7. The summed E-state index contributed by atoms with van der Waals surface area (Å²) in [5.74, 6) is 1.40. The molecule has 156 valence electrons. The van der Waals surface area contributed by atoms with Crippen LogP contribution in [0.1, 0.15) is 36.6 Å². The number of rotatable bonds is 4. The van der Waals surface area contributed by atoms with Crippen LogP contribution >= 0.6 is 11.6 Å². The predicted molar refractivity (Wildman–Crippen MR) is 114 cm³/mol. The molecule has 3 aromatic rings. The summed E-state index contributed by atoms with van der Waals surface area (Å²) < 4.78 is 33.8. The maximum Gasteiger partial charge on any atom is 0.247 e. The smallest absolute Gasteiger partial charge is 0.247 e. The molecule has 1 unspecified atom stereocenters. The lowest BCUT2D eigenvalue weighted by atomic mass is 9.92. The van der Waals surface area contributed by atoms with E-state index in [9.17, 15) is 8.42 Å². The van der Waals surface area contributed by atoms with Crippen molar-refractivity contribution < 1.29 is 12.8 Å². The Labute approximate surface area is 180 Å². The minimum absolute atomic E-state index is 0.0654. The average molecular weight is 444 g/mol. The Balaban J connectivity index is 1.29. The fourth-order valence-corrected chi connectivity index (χ4v) is 6.42. The number of piperidine rings is 1. The summed E-state index contributed by atoms with van der Waals surface area (Å²) in [6.45, 7) is 2.73. The van der Waals surface area contributed by atoms with E-state index in [0.29, 0.717) is 40.4 Å². The van der Waals surface area contributed by atoms with Crippen LogP contribution in [0.25, 0.3) is 11.5 Å². The molecular formula is C22H22ClN3O3S. The van der Waals surface area contributed by atoms with Gasteiger partial charge in [0.15, 0.2) is 0 Å². The summed E-state index contributed by atoms with van der Waals surface area (Å²) in [7, 11) is -3.55. The molecule has 0 amide bonds. The van der Waals surface area contributed by atoms with Gasteiger partial charge in [0.1, 0.15) is 0 Å². The SMILES string of the molecule is Cc1c(Cl)cccc1S(=O)(=O)N1CCC2(CC1)CC2c1nnc(-c2ccccc2)o1. The predicted octanol–water partition coefficient (Wildman–Crippen LogP) is 4.66. The molecule has 2 aromatic carbocycles. The molecule has 0 bridgehead atoms. The molecule has 30 heavy (non-hydrogen) atoms. The molecule has 0 radical (unpaired) electrons. The van der Waals surface area contributed by atoms with Crippen LogP contribution < -0.4 is 0 Å². The monoisotopic (exact) mass is 443 g/mol. The first-order valence-corrected chi connectivity index (χ1v) is 11.9. The van der Waals surface area contributed by atoms with E-state index in [4.69, 9.17) is 16.0 Å². The second-order valence-electron chi connectivity index (χ2n) is 8.20. The highest BCUT2D eigenvalue weighted by Crippen LogP contribution is 2.64. The van der Waals surface area contributed by atoms with Crippen LogP contribution in [-0.2, 0) is 10.0 Å². The van der Waals surface area contributed by atoms with Gasteiger partial charge in [-0.1, -0.05) is 35.9 Å². The number of hydrogen-bond donors (Lipinski definition) is 0. The third kappa shape index (κ3) is 3.25. The van der Waals surface area contributed by atoms with Crippen molar-refractivity contribution in [1.29, 1.82) is 0 Å². The molecule has 8 heteroatoms. The normalized spacial score (nSPS) is 21.1. The molecule has 5 rings (SSSR count). The molecule has 1 aliphatic heterocycles. The van der Waals surface area contributed by atoms with Crippen molar-refractivity contribution in [3.63, 3.8) is 0 Å². The summed E-state index contributed by atoms with van der Waals surface area (Å²) in [4.78, 5) is 0.294. The van der Waals surface area contributed by atoms with Crippen molar-refractivity contribution in [2.75, 3.05) is 13.1 Å². The molecule has 2 heterocycles. The molecule has 1 spiro atoms. The lowest BCUT2D eigenvalue weighted by Gasteiger charge is -2.32. The van der Waals surface area contributed by atoms with Crippen LogP contribution in [0.5, 0.6) is 0 Å². The first-order valence-electron chi connectivity index (χ1n) is 10.0. The molecule has 2 aliphatic rings. The van der Waals surface area contributed by atoms with E-state index >= 15 is 0 Å². The van der Waals surface area contributed by atoms with Crippen LogP contribution in [0, 0.1) is 12.3 Å². The molecule has 1 aromatic heterocycles. The number of hydrogen-bond acceptors (Lipinski definition) is 5. The summed E-state index contributed by atoms with van der Waals surface area (Å²) >= 11 is 6.14. The Hall–Kier alpha value is -2.22. The highest BCUT2D eigenvalue weighted by Gasteiger charge is 2.59. The summed E-state index contributed by atoms with van der Waals surface area (Å²) in [6.07, 6.45) is 2.55. The first-order chi connectivity index (χ1) is 14.4. The highest BCUT2D eigenvalue weighted by molar-refractivity contribution is 7.89. The van der Waals surface area contributed by atoms with Gasteiger partial charge in [0.05, 0.1) is 4.90 Å². The Kier molecular flexibility index (Phi) is 4.72. The van der Waals surface area contributed by atoms with Crippen molar-refractivity contribution in [3.05, 3.63) is 65.0 Å². The number of sulfonamides is 1. The van der Waals surface area contributed by atoms with Gasteiger partial charge in [-0.25, -0.2) is 8.42 Å². The zero-order valence-electron chi connectivity index (χ0n) is 16.6. The van der Waals surface area contributed by atoms with Gasteiger partial charge in [0, 0.05) is 29.6 Å². The van der Waals surface area contributed by atoms with E-state index in [0.717, 1.165) is 24.8 Å². The van der Waals surface area contributed by atoms with Crippen molar-refractivity contribution in [3.8, 4) is 11.5 Å². The number of halogens is 1. The zero-order valence-corrected chi connectivity index (χ0v) is 18.2. The lowest BCUT2D eigenvalue weighted by molar-refractivity contribution is 0.246. The van der Waals surface area contributed by atoms with Gasteiger partial charge in [-0.15, -0.1) is 10.2 Å². The fraction of sp³-hybridized carbons (Fsp3) is 0.364. The Morgan fingerprint density at radius 1 is 1.07 bits per heavy atom. The Morgan fingerprint density at radius 3 is 2.53 bits per heavy atom. The van der Waals surface area contributed by atoms with Gasteiger partial charge < -0.3 is 4.42 Å². The summed E-state index contributed by atoms with van der Waals surface area (Å²) in [6, 6.07) is 14.7. The van der Waals surface area contributed by atoms with Crippen molar-refractivity contribution in [1.82, 2.24) is 14.5 Å². The van der Waals surface area contributed by atoms with Gasteiger partial charge in [0.25, 0.3) is 0 Å². The second-order valence-corrected chi connectivity index (χ2v) is 10.5. The quantitative estimate of drug-likeness (QED) is 0.586. The van der Waals surface area contributed by atoms with E-state index in [-0.39, 0.29) is 11.3 Å². The van der Waals surface area contributed by atoms with Crippen LogP contribution in [-0.4, -0.2) is 36.0 Å². The van der Waals surface area contributed by atoms with E-state index in [1.807, 2.05) is 30.3 Å². The van der Waals surface area contributed by atoms with Crippen molar-refractivity contribution in [2.24, 2.45) is 5.41 Å². The number of aromatic nitrogens is 2. The lowest BCUT2D eigenvalue weighted by Crippen LogP contribution is -2.39. The third-order valence-electron chi connectivity index (χ3n) is 6.50. The zero-order chi connectivity index (χ0) is 20.9. The molecular weight excluding hydrogens is 422 g/mol. The Bertz CT molecular complexity index is 1190. The largest absolute Gasteiger partial charge is 0.420 e. The van der Waals surface area contributed by atoms with Gasteiger partial charge in [-0.3, -0.25) is 0 Å². The van der Waals surface area contributed by atoms with Crippen LogP contribution in [0.4, 0.5) is 0 Å². The van der Waals surface area contributed by atoms with E-state index < -0.39 is 10.0 Å². The topological polar surface area (TPSA) is 76.3 Å². The summed E-state index contributed by atoms with van der Waals surface area (Å²) in [5.41, 5.74) is 1.57. The molecule has 1 saturated heterocycles. The van der Waals surface area contributed by atoms with Crippen LogP contribution in [0.2, 0.25) is 5.02 Å². The fourth-order valence-electron chi connectivity index (χ4n) is 4.50. The molecule has 1 saturated carbocycles. The molecule has 0 N–H and O–H groups in total. The standard InChI is InChI=1S/C22H22ClN3O3S/c1-15-18(23)8-5-9-19(15)30(27,28)26-12-10-22(11-13-26)14-17(22)21-25-24-20(29-21)16-6-3-2-4-7-16/h2-9,17H,10-14H2,1H3. The minimum Gasteiger partial charge on any atom is -0.420 e.